The molecular weight excluding hydrogens is 500 g/mol. The Morgan fingerprint density at radius 3 is 1.65 bits per heavy atom. The maximum atomic E-state index is 8.86. The second-order valence-corrected chi connectivity index (χ2v) is 10.8. The van der Waals surface area contributed by atoms with E-state index in [1.807, 2.05) is 24.3 Å². The Labute approximate surface area is 240 Å². The summed E-state index contributed by atoms with van der Waals surface area (Å²) >= 11 is 0. The SMILES string of the molecule is N#Cc1ccc(OCCCC2CCN(CCCO)CC2)cc1.N#Cc1ccc(OCCCC2CCNCC2)cc1. The largest absolute Gasteiger partial charge is 0.494 e. The molecule has 0 saturated carbocycles. The highest BCUT2D eigenvalue weighted by molar-refractivity contribution is 5.35. The van der Waals surface area contributed by atoms with Crippen molar-refractivity contribution in [3.8, 4) is 23.6 Å². The zero-order chi connectivity index (χ0) is 28.3. The summed E-state index contributed by atoms with van der Waals surface area (Å²) in [5, 5.41) is 29.7. The van der Waals surface area contributed by atoms with Crippen molar-refractivity contribution in [3.63, 3.8) is 0 Å². The van der Waals surface area contributed by atoms with E-state index in [4.69, 9.17) is 25.1 Å². The fourth-order valence-corrected chi connectivity index (χ4v) is 5.34. The molecule has 0 spiro atoms. The number of benzene rings is 2. The molecule has 40 heavy (non-hydrogen) atoms. The zero-order valence-corrected chi connectivity index (χ0v) is 23.9. The Bertz CT molecular complexity index is 1020. The van der Waals surface area contributed by atoms with E-state index in [0.29, 0.717) is 17.7 Å². The first kappa shape index (κ1) is 31.4. The summed E-state index contributed by atoms with van der Waals surface area (Å²) in [6, 6.07) is 18.8. The van der Waals surface area contributed by atoms with Gasteiger partial charge in [0.2, 0.25) is 0 Å². The van der Waals surface area contributed by atoms with Gasteiger partial charge in [0, 0.05) is 13.2 Å². The van der Waals surface area contributed by atoms with Crippen molar-refractivity contribution in [2.45, 2.75) is 57.8 Å². The molecule has 2 aromatic carbocycles. The number of nitriles is 2. The number of rotatable bonds is 13. The molecular formula is C33H46N4O3. The van der Waals surface area contributed by atoms with Crippen LogP contribution in [0.1, 0.15) is 68.9 Å². The summed E-state index contributed by atoms with van der Waals surface area (Å²) in [5.41, 5.74) is 1.34. The van der Waals surface area contributed by atoms with Crippen LogP contribution in [0.4, 0.5) is 0 Å². The van der Waals surface area contributed by atoms with E-state index < -0.39 is 0 Å². The van der Waals surface area contributed by atoms with E-state index in [0.717, 1.165) is 62.4 Å². The van der Waals surface area contributed by atoms with E-state index >= 15 is 0 Å². The van der Waals surface area contributed by atoms with Gasteiger partial charge in [-0.2, -0.15) is 10.5 Å². The third-order valence-corrected chi connectivity index (χ3v) is 7.82. The summed E-state index contributed by atoms with van der Waals surface area (Å²) in [6.45, 7) is 7.52. The van der Waals surface area contributed by atoms with Crippen LogP contribution in [-0.2, 0) is 0 Å². The number of nitrogens with zero attached hydrogens (tertiary/aromatic N) is 3. The fraction of sp³-hybridized carbons (Fsp3) is 0.576. The molecule has 2 N–H and O–H groups in total. The van der Waals surface area contributed by atoms with E-state index in [1.165, 1.54) is 64.7 Å². The van der Waals surface area contributed by atoms with Crippen LogP contribution in [-0.4, -0.2) is 62.6 Å². The van der Waals surface area contributed by atoms with Crippen molar-refractivity contribution in [1.29, 1.82) is 10.5 Å². The van der Waals surface area contributed by atoms with Gasteiger partial charge in [-0.1, -0.05) is 0 Å². The van der Waals surface area contributed by atoms with Gasteiger partial charge in [-0.3, -0.25) is 0 Å². The molecule has 2 aliphatic heterocycles. The zero-order valence-electron chi connectivity index (χ0n) is 23.9. The number of aliphatic hydroxyl groups excluding tert-OH is 1. The lowest BCUT2D eigenvalue weighted by molar-refractivity contribution is 0.158. The van der Waals surface area contributed by atoms with Gasteiger partial charge in [0.05, 0.1) is 36.5 Å². The van der Waals surface area contributed by atoms with Crippen LogP contribution in [0.3, 0.4) is 0 Å². The maximum Gasteiger partial charge on any atom is 0.119 e. The summed E-state index contributed by atoms with van der Waals surface area (Å²) in [5.74, 6) is 3.39. The Kier molecular flexibility index (Phi) is 15.0. The normalized spacial score (nSPS) is 16.3. The first-order valence-corrected chi connectivity index (χ1v) is 15.0. The van der Waals surface area contributed by atoms with Crippen LogP contribution in [0.5, 0.6) is 11.5 Å². The van der Waals surface area contributed by atoms with Gasteiger partial charge in [-0.25, -0.2) is 0 Å². The van der Waals surface area contributed by atoms with Crippen LogP contribution >= 0.6 is 0 Å². The standard InChI is InChI=1S/C18H26N2O2.C15H20N2O/c19-15-17-4-6-18(7-5-17)22-14-1-3-16-8-11-20(12-9-16)10-2-13-21;16-12-14-3-5-15(6-4-14)18-11-1-2-13-7-9-17-10-8-13/h4-7,16,21H,1-3,8-14H2;3-6,13,17H,1-2,7-11H2. The highest BCUT2D eigenvalue weighted by Gasteiger charge is 2.18. The van der Waals surface area contributed by atoms with E-state index in [-0.39, 0.29) is 0 Å². The Morgan fingerprint density at radius 1 is 0.725 bits per heavy atom. The van der Waals surface area contributed by atoms with Crippen molar-refractivity contribution < 1.29 is 14.6 Å². The summed E-state index contributed by atoms with van der Waals surface area (Å²) in [7, 11) is 0. The lowest BCUT2D eigenvalue weighted by Crippen LogP contribution is -2.34. The molecule has 0 unspecified atom stereocenters. The van der Waals surface area contributed by atoms with Gasteiger partial charge < -0.3 is 24.8 Å². The molecule has 7 heteroatoms. The quantitative estimate of drug-likeness (QED) is 0.319. The summed E-state index contributed by atoms with van der Waals surface area (Å²) in [4.78, 5) is 2.46. The van der Waals surface area contributed by atoms with Crippen molar-refractivity contribution in [2.24, 2.45) is 11.8 Å². The number of aliphatic hydroxyl groups is 1. The van der Waals surface area contributed by atoms with Crippen LogP contribution in [0.25, 0.3) is 0 Å². The van der Waals surface area contributed by atoms with Crippen LogP contribution in [0.15, 0.2) is 48.5 Å². The molecule has 0 bridgehead atoms. The molecule has 216 valence electrons. The van der Waals surface area contributed by atoms with Crippen LogP contribution in [0, 0.1) is 34.5 Å². The molecule has 2 saturated heterocycles. The minimum absolute atomic E-state index is 0.298. The van der Waals surface area contributed by atoms with E-state index in [1.54, 1.807) is 24.3 Å². The predicted octanol–water partition coefficient (Wildman–Crippen LogP) is 5.53. The molecule has 2 heterocycles. The molecule has 2 fully saturated rings. The molecule has 0 aliphatic carbocycles. The van der Waals surface area contributed by atoms with Crippen LogP contribution < -0.4 is 14.8 Å². The molecule has 7 nitrogen and oxygen atoms in total. The maximum absolute atomic E-state index is 8.86. The second-order valence-electron chi connectivity index (χ2n) is 10.8. The van der Waals surface area contributed by atoms with Crippen molar-refractivity contribution >= 4 is 0 Å². The summed E-state index contributed by atoms with van der Waals surface area (Å²) < 4.78 is 11.4. The number of hydrogen-bond acceptors (Lipinski definition) is 7. The summed E-state index contributed by atoms with van der Waals surface area (Å²) in [6.07, 6.45) is 10.7. The first-order chi connectivity index (χ1) is 19.7. The van der Waals surface area contributed by atoms with Gasteiger partial charge >= 0.3 is 0 Å². The number of nitrogens with one attached hydrogen (secondary N) is 1. The van der Waals surface area contributed by atoms with Crippen molar-refractivity contribution in [2.75, 3.05) is 52.5 Å². The highest BCUT2D eigenvalue weighted by Crippen LogP contribution is 2.22. The smallest absolute Gasteiger partial charge is 0.119 e. The van der Waals surface area contributed by atoms with Gasteiger partial charge in [-0.05, 0) is 144 Å². The average Bonchev–Trinajstić information content (AvgIpc) is 3.02. The number of ether oxygens (including phenoxy) is 2. The number of likely N-dealkylation sites (tertiary alicyclic amines) is 1. The molecule has 2 aliphatic rings. The Balaban J connectivity index is 0.000000225. The van der Waals surface area contributed by atoms with Gasteiger partial charge in [0.25, 0.3) is 0 Å². The lowest BCUT2D eigenvalue weighted by atomic mass is 9.92. The second kappa shape index (κ2) is 19.1. The Hall–Kier alpha value is -3.10. The number of hydrogen-bond donors (Lipinski definition) is 2. The molecule has 0 radical (unpaired) electrons. The lowest BCUT2D eigenvalue weighted by Gasteiger charge is -2.31. The predicted molar refractivity (Wildman–Crippen MR) is 158 cm³/mol. The molecule has 4 rings (SSSR count). The minimum Gasteiger partial charge on any atom is -0.494 e. The molecule has 2 aromatic rings. The molecule has 0 atom stereocenters. The van der Waals surface area contributed by atoms with Gasteiger partial charge in [-0.15, -0.1) is 0 Å². The minimum atomic E-state index is 0.298. The number of piperidine rings is 2. The average molecular weight is 547 g/mol. The highest BCUT2D eigenvalue weighted by atomic mass is 16.5. The van der Waals surface area contributed by atoms with Gasteiger partial charge in [0.15, 0.2) is 0 Å². The Morgan fingerprint density at radius 2 is 1.20 bits per heavy atom. The van der Waals surface area contributed by atoms with Gasteiger partial charge in [0.1, 0.15) is 11.5 Å². The topological polar surface area (TPSA) is 102 Å². The first-order valence-electron chi connectivity index (χ1n) is 15.0. The van der Waals surface area contributed by atoms with Crippen molar-refractivity contribution in [1.82, 2.24) is 10.2 Å². The monoisotopic (exact) mass is 546 g/mol. The van der Waals surface area contributed by atoms with Crippen LogP contribution in [0.2, 0.25) is 0 Å². The van der Waals surface area contributed by atoms with Crippen molar-refractivity contribution in [3.05, 3.63) is 59.7 Å². The molecule has 0 aromatic heterocycles. The molecule has 0 amide bonds. The fourth-order valence-electron chi connectivity index (χ4n) is 5.34. The third kappa shape index (κ3) is 12.4. The third-order valence-electron chi connectivity index (χ3n) is 7.82. The van der Waals surface area contributed by atoms with E-state index in [2.05, 4.69) is 22.4 Å². The van der Waals surface area contributed by atoms with E-state index in [9.17, 15) is 0 Å².